The molecule has 0 saturated heterocycles. The van der Waals surface area contributed by atoms with Gasteiger partial charge in [0.1, 0.15) is 0 Å². The highest BCUT2D eigenvalue weighted by Gasteiger charge is 2.32. The van der Waals surface area contributed by atoms with Crippen molar-refractivity contribution in [3.8, 4) is 0 Å². The largest absolute Gasteiger partial charge is 0.293 e. The van der Waals surface area contributed by atoms with Gasteiger partial charge < -0.3 is 0 Å². The number of fused-ring (bicyclic) bond motifs is 1. The van der Waals surface area contributed by atoms with Crippen LogP contribution in [0.3, 0.4) is 0 Å². The van der Waals surface area contributed by atoms with E-state index >= 15 is 0 Å². The molecule has 0 bridgehead atoms. The molecule has 2 heteroatoms. The summed E-state index contributed by atoms with van der Waals surface area (Å²) in [6.07, 6.45) is 8.73. The summed E-state index contributed by atoms with van der Waals surface area (Å²) in [5.41, 5.74) is 2.16. The maximum atomic E-state index is 12.3. The molecule has 0 radical (unpaired) electrons. The molecule has 1 aromatic carbocycles. The van der Waals surface area contributed by atoms with E-state index in [9.17, 15) is 4.79 Å². The first-order chi connectivity index (χ1) is 9.24. The molecule has 0 spiro atoms. The minimum atomic E-state index is 0.0218. The van der Waals surface area contributed by atoms with Gasteiger partial charge in [-0.1, -0.05) is 79.2 Å². The quantitative estimate of drug-likeness (QED) is 0.522. The van der Waals surface area contributed by atoms with Crippen molar-refractivity contribution in [3.63, 3.8) is 0 Å². The number of rotatable bonds is 6. The van der Waals surface area contributed by atoms with Crippen LogP contribution in [-0.2, 0) is 6.42 Å². The van der Waals surface area contributed by atoms with Crippen LogP contribution in [0.15, 0.2) is 24.3 Å². The van der Waals surface area contributed by atoms with E-state index < -0.39 is 0 Å². The van der Waals surface area contributed by atoms with E-state index in [0.29, 0.717) is 5.92 Å². The predicted molar refractivity (Wildman–Crippen MR) is 84.1 cm³/mol. The Hall–Kier alpha value is -0.630. The Morgan fingerprint density at radius 2 is 1.89 bits per heavy atom. The zero-order chi connectivity index (χ0) is 13.7. The predicted octanol–water partition coefficient (Wildman–Crippen LogP) is 5.17. The second kappa shape index (κ2) is 7.23. The number of Topliss-reactive ketones (excluding diaryl/α,β-unsaturated/α-hetero) is 1. The average molecular weight is 323 g/mol. The Bertz CT molecular complexity index is 427. The van der Waals surface area contributed by atoms with Gasteiger partial charge in [0.2, 0.25) is 0 Å². The molecule has 19 heavy (non-hydrogen) atoms. The summed E-state index contributed by atoms with van der Waals surface area (Å²) in [6.45, 7) is 2.24. The number of ketones is 1. The van der Waals surface area contributed by atoms with Crippen molar-refractivity contribution in [2.24, 2.45) is 5.92 Å². The fourth-order valence-corrected chi connectivity index (χ4v) is 3.64. The second-order valence-corrected chi connectivity index (χ2v) is 6.58. The molecule has 104 valence electrons. The summed E-state index contributed by atoms with van der Waals surface area (Å²) in [5, 5.41) is 0. The number of halogens is 1. The lowest BCUT2D eigenvalue weighted by Crippen LogP contribution is -2.31. The standard InChI is InChI=1S/C17H23BrO/c1-2-3-4-5-6-10-14-12-13-9-7-8-11-15(13)17(19)16(14)18/h7-9,11,14,16H,2-6,10,12H2,1H3. The first-order valence-electron chi connectivity index (χ1n) is 7.50. The second-order valence-electron chi connectivity index (χ2n) is 5.59. The van der Waals surface area contributed by atoms with Crippen LogP contribution < -0.4 is 0 Å². The lowest BCUT2D eigenvalue weighted by molar-refractivity contribution is 0.0957. The van der Waals surface area contributed by atoms with Gasteiger partial charge in [-0.05, 0) is 24.3 Å². The Labute approximate surface area is 124 Å². The Balaban J connectivity index is 1.91. The summed E-state index contributed by atoms with van der Waals surface area (Å²) in [4.78, 5) is 12.3. The van der Waals surface area contributed by atoms with Gasteiger partial charge in [-0.3, -0.25) is 4.79 Å². The smallest absolute Gasteiger partial charge is 0.177 e. The van der Waals surface area contributed by atoms with Gasteiger partial charge in [0, 0.05) is 5.56 Å². The summed E-state index contributed by atoms with van der Waals surface area (Å²) >= 11 is 3.62. The monoisotopic (exact) mass is 322 g/mol. The number of carbonyl (C=O) groups is 1. The Morgan fingerprint density at radius 1 is 1.16 bits per heavy atom. The number of alkyl halides is 1. The normalized spacial score (nSPS) is 22.3. The van der Waals surface area contributed by atoms with E-state index in [-0.39, 0.29) is 10.6 Å². The molecule has 0 N–H and O–H groups in total. The van der Waals surface area contributed by atoms with Crippen molar-refractivity contribution in [1.29, 1.82) is 0 Å². The van der Waals surface area contributed by atoms with E-state index in [1.807, 2.05) is 18.2 Å². The Morgan fingerprint density at radius 3 is 2.68 bits per heavy atom. The van der Waals surface area contributed by atoms with Crippen LogP contribution in [0.2, 0.25) is 0 Å². The molecule has 1 aromatic rings. The molecule has 1 aliphatic rings. The molecule has 0 heterocycles. The highest BCUT2D eigenvalue weighted by Crippen LogP contribution is 2.33. The van der Waals surface area contributed by atoms with Gasteiger partial charge >= 0.3 is 0 Å². The highest BCUT2D eigenvalue weighted by atomic mass is 79.9. The minimum absolute atomic E-state index is 0.0218. The third-order valence-corrected chi connectivity index (χ3v) is 5.27. The van der Waals surface area contributed by atoms with Crippen LogP contribution in [0, 0.1) is 5.92 Å². The van der Waals surface area contributed by atoms with E-state index in [4.69, 9.17) is 0 Å². The molecule has 0 aromatic heterocycles. The molecule has 0 fully saturated rings. The molecule has 0 aliphatic heterocycles. The summed E-state index contributed by atoms with van der Waals surface area (Å²) in [7, 11) is 0. The highest BCUT2D eigenvalue weighted by molar-refractivity contribution is 9.10. The third kappa shape index (κ3) is 3.68. The van der Waals surface area contributed by atoms with Crippen molar-refractivity contribution in [2.75, 3.05) is 0 Å². The van der Waals surface area contributed by atoms with Crippen LogP contribution in [0.4, 0.5) is 0 Å². The molecule has 1 aliphatic carbocycles. The van der Waals surface area contributed by atoms with Gasteiger partial charge in [0.15, 0.2) is 5.78 Å². The maximum absolute atomic E-state index is 12.3. The van der Waals surface area contributed by atoms with E-state index in [0.717, 1.165) is 12.0 Å². The molecular weight excluding hydrogens is 300 g/mol. The number of unbranched alkanes of at least 4 members (excludes halogenated alkanes) is 4. The van der Waals surface area contributed by atoms with Gasteiger partial charge in [-0.15, -0.1) is 0 Å². The fraction of sp³-hybridized carbons (Fsp3) is 0.588. The van der Waals surface area contributed by atoms with Crippen molar-refractivity contribution in [2.45, 2.75) is 56.7 Å². The van der Waals surface area contributed by atoms with Gasteiger partial charge in [0.05, 0.1) is 4.83 Å². The third-order valence-electron chi connectivity index (χ3n) is 4.11. The zero-order valence-electron chi connectivity index (χ0n) is 11.7. The lowest BCUT2D eigenvalue weighted by Gasteiger charge is -2.28. The number of carbonyl (C=O) groups excluding carboxylic acids is 1. The van der Waals surface area contributed by atoms with Crippen molar-refractivity contribution in [1.82, 2.24) is 0 Å². The first-order valence-corrected chi connectivity index (χ1v) is 8.41. The maximum Gasteiger partial charge on any atom is 0.177 e. The molecule has 2 rings (SSSR count). The number of hydrogen-bond donors (Lipinski definition) is 0. The fourth-order valence-electron chi connectivity index (χ4n) is 2.95. The zero-order valence-corrected chi connectivity index (χ0v) is 13.3. The first kappa shape index (κ1) is 14.8. The van der Waals surface area contributed by atoms with Crippen LogP contribution in [0.5, 0.6) is 0 Å². The topological polar surface area (TPSA) is 17.1 Å². The SMILES string of the molecule is CCCCCCCC1Cc2ccccc2C(=O)C1Br. The van der Waals surface area contributed by atoms with Crippen LogP contribution in [0.1, 0.15) is 61.4 Å². The number of benzene rings is 1. The average Bonchev–Trinajstić information content (AvgIpc) is 2.44. The molecule has 1 nitrogen and oxygen atoms in total. The molecule has 0 saturated carbocycles. The molecule has 2 unspecified atom stereocenters. The van der Waals surface area contributed by atoms with E-state index in [1.165, 1.54) is 44.1 Å². The van der Waals surface area contributed by atoms with Crippen molar-refractivity contribution < 1.29 is 4.79 Å². The van der Waals surface area contributed by atoms with Crippen LogP contribution in [-0.4, -0.2) is 10.6 Å². The minimum Gasteiger partial charge on any atom is -0.293 e. The van der Waals surface area contributed by atoms with Gasteiger partial charge in [0.25, 0.3) is 0 Å². The summed E-state index contributed by atoms with van der Waals surface area (Å²) in [5.74, 6) is 0.754. The van der Waals surface area contributed by atoms with E-state index in [1.54, 1.807) is 0 Å². The lowest BCUT2D eigenvalue weighted by atomic mass is 9.80. The summed E-state index contributed by atoms with van der Waals surface area (Å²) in [6, 6.07) is 8.07. The number of hydrogen-bond acceptors (Lipinski definition) is 1. The van der Waals surface area contributed by atoms with Crippen LogP contribution >= 0.6 is 15.9 Å². The van der Waals surface area contributed by atoms with Crippen molar-refractivity contribution in [3.05, 3.63) is 35.4 Å². The van der Waals surface area contributed by atoms with Crippen molar-refractivity contribution >= 4 is 21.7 Å². The molecule has 2 atom stereocenters. The molecular formula is C17H23BrO. The van der Waals surface area contributed by atoms with Gasteiger partial charge in [-0.2, -0.15) is 0 Å². The van der Waals surface area contributed by atoms with Gasteiger partial charge in [-0.25, -0.2) is 0 Å². The van der Waals surface area contributed by atoms with E-state index in [2.05, 4.69) is 28.9 Å². The molecule has 0 amide bonds. The summed E-state index contributed by atoms with van der Waals surface area (Å²) < 4.78 is 0. The van der Waals surface area contributed by atoms with Crippen LogP contribution in [0.25, 0.3) is 0 Å². The Kier molecular flexibility index (Phi) is 5.62.